The zero-order valence-corrected chi connectivity index (χ0v) is 11.9. The van der Waals surface area contributed by atoms with Crippen LogP contribution >= 0.6 is 0 Å². The molecule has 0 radical (unpaired) electrons. The second-order valence-corrected chi connectivity index (χ2v) is 3.43. The Balaban J connectivity index is 0.00000225. The first-order valence-corrected chi connectivity index (χ1v) is 4.92. The molecule has 0 aliphatic rings. The molecular formula is C12H13NaO3. The molecule has 0 saturated carbocycles. The molecule has 0 aliphatic carbocycles. The van der Waals surface area contributed by atoms with E-state index < -0.39 is 5.97 Å². The largest absolute Gasteiger partial charge is 1.00 e. The average molecular weight is 228 g/mol. The number of benzene rings is 1. The Kier molecular flexibility index (Phi) is 6.56. The molecule has 0 bridgehead atoms. The first-order chi connectivity index (χ1) is 7.07. The molecule has 1 rings (SSSR count). The molecule has 0 aliphatic heterocycles. The first-order valence-electron chi connectivity index (χ1n) is 4.92. The Morgan fingerprint density at radius 1 is 1.25 bits per heavy atom. The summed E-state index contributed by atoms with van der Waals surface area (Å²) in [7, 11) is 0. The molecule has 0 unspecified atom stereocenters. The summed E-state index contributed by atoms with van der Waals surface area (Å²) in [5.41, 5.74) is 1.20. The van der Waals surface area contributed by atoms with Crippen LogP contribution in [-0.4, -0.2) is 11.8 Å². The molecule has 1 aromatic carbocycles. The Morgan fingerprint density at radius 3 is 2.25 bits per heavy atom. The fraction of sp³-hybridized carbons (Fsp3) is 0.333. The molecule has 0 spiro atoms. The van der Waals surface area contributed by atoms with E-state index in [9.17, 15) is 14.7 Å². The maximum Gasteiger partial charge on any atom is 1.00 e. The van der Waals surface area contributed by atoms with Crippen LogP contribution in [0.25, 0.3) is 0 Å². The standard InChI is InChI=1S/C12H14O3.Na/c1-3-5-10-9(8(2)13)6-4-7-11(10)12(14)15;/h4,6-7H,3,5H2,1-2H3,(H,14,15);/q;+1/p-1. The summed E-state index contributed by atoms with van der Waals surface area (Å²) in [6.45, 7) is 3.38. The fourth-order valence-corrected chi connectivity index (χ4v) is 1.63. The fourth-order valence-electron chi connectivity index (χ4n) is 1.63. The number of carboxylic acids is 1. The Hall–Kier alpha value is -0.640. The van der Waals surface area contributed by atoms with Crippen LogP contribution in [0.4, 0.5) is 0 Å². The van der Waals surface area contributed by atoms with E-state index in [-0.39, 0.29) is 40.9 Å². The molecule has 0 atom stereocenters. The van der Waals surface area contributed by atoms with Crippen molar-refractivity contribution >= 4 is 11.8 Å². The van der Waals surface area contributed by atoms with Crippen molar-refractivity contribution in [1.82, 2.24) is 0 Å². The molecule has 0 amide bonds. The molecule has 0 heterocycles. The number of hydrogen-bond donors (Lipinski definition) is 0. The van der Waals surface area contributed by atoms with Gasteiger partial charge in [0.1, 0.15) is 0 Å². The minimum atomic E-state index is -1.22. The normalized spacial score (nSPS) is 9.38. The minimum Gasteiger partial charge on any atom is -0.545 e. The number of Topliss-reactive ketones (excluding diaryl/α,β-unsaturated/α-hetero) is 1. The molecule has 0 fully saturated rings. The summed E-state index contributed by atoms with van der Waals surface area (Å²) in [5.74, 6) is -1.33. The third-order valence-corrected chi connectivity index (χ3v) is 2.28. The molecule has 1 aromatic rings. The van der Waals surface area contributed by atoms with Gasteiger partial charge in [-0.15, -0.1) is 0 Å². The first kappa shape index (κ1) is 15.4. The smallest absolute Gasteiger partial charge is 0.545 e. The van der Waals surface area contributed by atoms with E-state index in [0.29, 0.717) is 17.5 Å². The number of hydrogen-bond acceptors (Lipinski definition) is 3. The van der Waals surface area contributed by atoms with Crippen LogP contribution < -0.4 is 34.7 Å². The van der Waals surface area contributed by atoms with Gasteiger partial charge in [0.25, 0.3) is 0 Å². The SMILES string of the molecule is CCCc1c(C(C)=O)cccc1C(=O)[O-].[Na+]. The van der Waals surface area contributed by atoms with Crippen molar-refractivity contribution in [3.8, 4) is 0 Å². The van der Waals surface area contributed by atoms with Crippen molar-refractivity contribution in [2.24, 2.45) is 0 Å². The van der Waals surface area contributed by atoms with Crippen molar-refractivity contribution in [3.05, 3.63) is 34.9 Å². The molecular weight excluding hydrogens is 215 g/mol. The summed E-state index contributed by atoms with van der Waals surface area (Å²) >= 11 is 0. The second-order valence-electron chi connectivity index (χ2n) is 3.43. The van der Waals surface area contributed by atoms with E-state index in [1.54, 1.807) is 12.1 Å². The third-order valence-electron chi connectivity index (χ3n) is 2.28. The summed E-state index contributed by atoms with van der Waals surface area (Å²) in [4.78, 5) is 22.2. The molecule has 3 nitrogen and oxygen atoms in total. The quantitative estimate of drug-likeness (QED) is 0.452. The number of carbonyl (C=O) groups excluding carboxylic acids is 2. The zero-order chi connectivity index (χ0) is 11.4. The Bertz CT molecular complexity index is 367. The monoisotopic (exact) mass is 228 g/mol. The van der Waals surface area contributed by atoms with Crippen LogP contribution in [0.15, 0.2) is 18.2 Å². The van der Waals surface area contributed by atoms with Gasteiger partial charge in [-0.25, -0.2) is 0 Å². The van der Waals surface area contributed by atoms with Crippen LogP contribution in [0.5, 0.6) is 0 Å². The number of carboxylic acid groups (broad SMARTS) is 1. The van der Waals surface area contributed by atoms with Crippen LogP contribution in [0.1, 0.15) is 46.5 Å². The van der Waals surface area contributed by atoms with Gasteiger partial charge in [-0.1, -0.05) is 31.5 Å². The van der Waals surface area contributed by atoms with Gasteiger partial charge in [-0.3, -0.25) is 4.79 Å². The molecule has 16 heavy (non-hydrogen) atoms. The topological polar surface area (TPSA) is 57.2 Å². The summed E-state index contributed by atoms with van der Waals surface area (Å²) in [5, 5.41) is 10.8. The summed E-state index contributed by atoms with van der Waals surface area (Å²) in [6.07, 6.45) is 1.38. The maximum absolute atomic E-state index is 11.3. The number of rotatable bonds is 4. The van der Waals surface area contributed by atoms with Crippen molar-refractivity contribution < 1.29 is 44.3 Å². The van der Waals surface area contributed by atoms with Crippen molar-refractivity contribution in [2.45, 2.75) is 26.7 Å². The minimum absolute atomic E-state index is 0. The van der Waals surface area contributed by atoms with Gasteiger partial charge in [-0.2, -0.15) is 0 Å². The predicted octanol–water partition coefficient (Wildman–Crippen LogP) is -1.79. The van der Waals surface area contributed by atoms with Crippen LogP contribution in [-0.2, 0) is 6.42 Å². The Morgan fingerprint density at radius 2 is 1.81 bits per heavy atom. The zero-order valence-electron chi connectivity index (χ0n) is 9.87. The van der Waals surface area contributed by atoms with Gasteiger partial charge >= 0.3 is 29.6 Å². The van der Waals surface area contributed by atoms with E-state index in [2.05, 4.69) is 0 Å². The van der Waals surface area contributed by atoms with Crippen LogP contribution in [0.3, 0.4) is 0 Å². The van der Waals surface area contributed by atoms with Gasteiger partial charge in [0, 0.05) is 11.1 Å². The van der Waals surface area contributed by atoms with Crippen molar-refractivity contribution in [2.75, 3.05) is 0 Å². The summed E-state index contributed by atoms with van der Waals surface area (Å²) in [6, 6.07) is 4.70. The maximum atomic E-state index is 11.3. The van der Waals surface area contributed by atoms with Gasteiger partial charge < -0.3 is 9.90 Å². The molecule has 4 heteroatoms. The van der Waals surface area contributed by atoms with Crippen LogP contribution in [0.2, 0.25) is 0 Å². The number of ketones is 1. The van der Waals surface area contributed by atoms with Gasteiger partial charge in [-0.05, 0) is 18.9 Å². The van der Waals surface area contributed by atoms with Crippen molar-refractivity contribution in [3.63, 3.8) is 0 Å². The number of carbonyl (C=O) groups is 2. The molecule has 0 saturated heterocycles. The van der Waals surface area contributed by atoms with E-state index in [4.69, 9.17) is 0 Å². The van der Waals surface area contributed by atoms with Gasteiger partial charge in [0.15, 0.2) is 5.78 Å². The molecule has 0 N–H and O–H groups in total. The van der Waals surface area contributed by atoms with Crippen LogP contribution in [0, 0.1) is 0 Å². The van der Waals surface area contributed by atoms with Crippen molar-refractivity contribution in [1.29, 1.82) is 0 Å². The van der Waals surface area contributed by atoms with Gasteiger partial charge in [0.05, 0.1) is 5.97 Å². The molecule has 0 aromatic heterocycles. The number of aromatic carboxylic acids is 1. The average Bonchev–Trinajstić information content (AvgIpc) is 2.17. The molecule has 80 valence electrons. The van der Waals surface area contributed by atoms with E-state index in [0.717, 1.165) is 6.42 Å². The predicted molar refractivity (Wildman–Crippen MR) is 54.8 cm³/mol. The Labute approximate surface area is 117 Å². The second kappa shape index (κ2) is 6.84. The van der Waals surface area contributed by atoms with E-state index in [1.165, 1.54) is 13.0 Å². The van der Waals surface area contributed by atoms with E-state index in [1.807, 2.05) is 6.92 Å². The van der Waals surface area contributed by atoms with Gasteiger partial charge in [0.2, 0.25) is 0 Å². The summed E-state index contributed by atoms with van der Waals surface area (Å²) < 4.78 is 0. The van der Waals surface area contributed by atoms with E-state index >= 15 is 0 Å². The third kappa shape index (κ3) is 3.44.